The maximum atomic E-state index is 7.43. The van der Waals surface area contributed by atoms with Crippen LogP contribution in [0.4, 0.5) is 0 Å². The number of nitrogens with two attached hydrogens (primary N) is 1. The van der Waals surface area contributed by atoms with Crippen molar-refractivity contribution >= 4 is 5.84 Å². The number of nitrogen functional groups attached to an aromatic ring is 1. The number of amidine groups is 1. The van der Waals surface area contributed by atoms with Crippen molar-refractivity contribution in [2.75, 3.05) is 13.1 Å². The minimum Gasteiger partial charge on any atom is -0.382 e. The lowest BCUT2D eigenvalue weighted by molar-refractivity contribution is 0.109. The third kappa shape index (κ3) is 3.53. The van der Waals surface area contributed by atoms with Gasteiger partial charge in [0.25, 0.3) is 0 Å². The van der Waals surface area contributed by atoms with Crippen molar-refractivity contribution in [3.63, 3.8) is 0 Å². The predicted octanol–water partition coefficient (Wildman–Crippen LogP) is 2.38. The van der Waals surface area contributed by atoms with Crippen molar-refractivity contribution in [3.05, 3.63) is 29.6 Å². The zero-order valence-electron chi connectivity index (χ0n) is 11.9. The van der Waals surface area contributed by atoms with Crippen molar-refractivity contribution in [2.24, 2.45) is 11.1 Å². The average molecular weight is 260 g/mol. The van der Waals surface area contributed by atoms with Crippen LogP contribution in [-0.4, -0.2) is 28.8 Å². The van der Waals surface area contributed by atoms with E-state index < -0.39 is 0 Å². The number of nitrogens with zero attached hydrogens (tertiary/aromatic N) is 2. The molecule has 2 heterocycles. The number of hydrogen-bond acceptors (Lipinski definition) is 3. The first kappa shape index (κ1) is 14.0. The summed E-state index contributed by atoms with van der Waals surface area (Å²) in [6, 6.07) is 3.94. The number of likely N-dealkylation sites (tertiary alicyclic amines) is 1. The SMILES string of the molecule is CCC1(C)CCN(Cc2ccnc(C(=N)N)c2)CC1. The second-order valence-electron chi connectivity index (χ2n) is 5.90. The topological polar surface area (TPSA) is 66.0 Å². The van der Waals surface area contributed by atoms with Crippen molar-refractivity contribution in [2.45, 2.75) is 39.7 Å². The van der Waals surface area contributed by atoms with Crippen LogP contribution in [0.15, 0.2) is 18.3 Å². The van der Waals surface area contributed by atoms with Crippen LogP contribution < -0.4 is 5.73 Å². The maximum Gasteiger partial charge on any atom is 0.141 e. The molecule has 1 aliphatic rings. The van der Waals surface area contributed by atoms with Crippen molar-refractivity contribution in [1.82, 2.24) is 9.88 Å². The molecule has 0 aromatic carbocycles. The van der Waals surface area contributed by atoms with Gasteiger partial charge in [-0.25, -0.2) is 0 Å². The highest BCUT2D eigenvalue weighted by Gasteiger charge is 2.28. The lowest BCUT2D eigenvalue weighted by Crippen LogP contribution is -2.37. The normalized spacial score (nSPS) is 19.3. The standard InChI is InChI=1S/C15H24N4/c1-3-15(2)5-8-19(9-6-15)11-12-4-7-18-13(10-12)14(16)17/h4,7,10H,3,5-6,8-9,11H2,1-2H3,(H3,16,17). The summed E-state index contributed by atoms with van der Waals surface area (Å²) in [5.41, 5.74) is 7.78. The van der Waals surface area contributed by atoms with Crippen molar-refractivity contribution < 1.29 is 0 Å². The fourth-order valence-electron chi connectivity index (χ4n) is 2.58. The number of pyridine rings is 1. The van der Waals surface area contributed by atoms with E-state index in [2.05, 4.69) is 23.7 Å². The molecule has 0 aliphatic carbocycles. The van der Waals surface area contributed by atoms with E-state index in [1.54, 1.807) is 6.20 Å². The monoisotopic (exact) mass is 260 g/mol. The Morgan fingerprint density at radius 3 is 2.74 bits per heavy atom. The van der Waals surface area contributed by atoms with Crippen LogP contribution in [0, 0.1) is 10.8 Å². The van der Waals surface area contributed by atoms with Gasteiger partial charge >= 0.3 is 0 Å². The van der Waals surface area contributed by atoms with Gasteiger partial charge in [-0.05, 0) is 49.0 Å². The molecule has 0 unspecified atom stereocenters. The van der Waals surface area contributed by atoms with Gasteiger partial charge in [-0.15, -0.1) is 0 Å². The highest BCUT2D eigenvalue weighted by atomic mass is 15.1. The van der Waals surface area contributed by atoms with Crippen LogP contribution in [-0.2, 0) is 6.54 Å². The Balaban J connectivity index is 1.96. The molecule has 0 bridgehead atoms. The van der Waals surface area contributed by atoms with Crippen LogP contribution >= 0.6 is 0 Å². The van der Waals surface area contributed by atoms with Gasteiger partial charge in [0.2, 0.25) is 0 Å². The Kier molecular flexibility index (Phi) is 4.20. The molecule has 2 rings (SSSR count). The summed E-state index contributed by atoms with van der Waals surface area (Å²) in [5.74, 6) is 0.0408. The molecule has 1 aromatic rings. The van der Waals surface area contributed by atoms with Gasteiger partial charge in [-0.2, -0.15) is 0 Å². The molecule has 19 heavy (non-hydrogen) atoms. The molecule has 4 heteroatoms. The van der Waals surface area contributed by atoms with Crippen molar-refractivity contribution in [3.8, 4) is 0 Å². The van der Waals surface area contributed by atoms with Crippen LogP contribution in [0.3, 0.4) is 0 Å². The third-order valence-electron chi connectivity index (χ3n) is 4.42. The minimum atomic E-state index is 0.0408. The van der Waals surface area contributed by atoms with Crippen molar-refractivity contribution in [1.29, 1.82) is 5.41 Å². The molecule has 0 radical (unpaired) electrons. The number of rotatable bonds is 4. The van der Waals surface area contributed by atoms with Gasteiger partial charge in [0.05, 0.1) is 0 Å². The molecule has 1 saturated heterocycles. The largest absolute Gasteiger partial charge is 0.382 e. The quantitative estimate of drug-likeness (QED) is 0.645. The first-order chi connectivity index (χ1) is 9.02. The molecular weight excluding hydrogens is 236 g/mol. The first-order valence-corrected chi connectivity index (χ1v) is 7.04. The molecule has 0 amide bonds. The fourth-order valence-corrected chi connectivity index (χ4v) is 2.58. The van der Waals surface area contributed by atoms with E-state index in [4.69, 9.17) is 11.1 Å². The molecule has 0 spiro atoms. The summed E-state index contributed by atoms with van der Waals surface area (Å²) in [6.45, 7) is 7.93. The number of piperidine rings is 1. The first-order valence-electron chi connectivity index (χ1n) is 7.04. The fraction of sp³-hybridized carbons (Fsp3) is 0.600. The number of aromatic nitrogens is 1. The number of nitrogens with one attached hydrogen (secondary N) is 1. The lowest BCUT2D eigenvalue weighted by atomic mass is 9.78. The van der Waals surface area contributed by atoms with E-state index in [1.165, 1.54) is 24.8 Å². The summed E-state index contributed by atoms with van der Waals surface area (Å²) < 4.78 is 0. The summed E-state index contributed by atoms with van der Waals surface area (Å²) in [4.78, 5) is 6.58. The van der Waals surface area contributed by atoms with E-state index in [0.717, 1.165) is 19.6 Å². The Morgan fingerprint density at radius 1 is 1.47 bits per heavy atom. The molecule has 4 nitrogen and oxygen atoms in total. The highest BCUT2D eigenvalue weighted by Crippen LogP contribution is 2.34. The third-order valence-corrected chi connectivity index (χ3v) is 4.42. The van der Waals surface area contributed by atoms with Crippen LogP contribution in [0.5, 0.6) is 0 Å². The molecule has 1 fully saturated rings. The molecule has 1 aromatic heterocycles. The Labute approximate surface area is 115 Å². The van der Waals surface area contributed by atoms with Gasteiger partial charge < -0.3 is 5.73 Å². The van der Waals surface area contributed by atoms with Crippen LogP contribution in [0.25, 0.3) is 0 Å². The van der Waals surface area contributed by atoms with E-state index >= 15 is 0 Å². The summed E-state index contributed by atoms with van der Waals surface area (Å²) in [5, 5.41) is 7.43. The predicted molar refractivity (Wildman–Crippen MR) is 78.2 cm³/mol. The van der Waals surface area contributed by atoms with Gasteiger partial charge in [0.15, 0.2) is 0 Å². The Morgan fingerprint density at radius 2 is 2.16 bits per heavy atom. The Hall–Kier alpha value is -1.42. The van der Waals surface area contributed by atoms with Gasteiger partial charge in [-0.3, -0.25) is 15.3 Å². The molecule has 104 valence electrons. The summed E-state index contributed by atoms with van der Waals surface area (Å²) in [7, 11) is 0. The molecule has 1 aliphatic heterocycles. The second kappa shape index (κ2) is 5.70. The van der Waals surface area contributed by atoms with E-state index in [-0.39, 0.29) is 5.84 Å². The Bertz CT molecular complexity index is 447. The number of hydrogen-bond donors (Lipinski definition) is 2. The van der Waals surface area contributed by atoms with E-state index in [1.807, 2.05) is 12.1 Å². The van der Waals surface area contributed by atoms with E-state index in [0.29, 0.717) is 11.1 Å². The minimum absolute atomic E-state index is 0.0408. The second-order valence-corrected chi connectivity index (χ2v) is 5.90. The average Bonchev–Trinajstić information content (AvgIpc) is 2.42. The molecule has 0 atom stereocenters. The zero-order valence-corrected chi connectivity index (χ0v) is 11.9. The highest BCUT2D eigenvalue weighted by molar-refractivity contribution is 5.93. The van der Waals surface area contributed by atoms with Crippen LogP contribution in [0.2, 0.25) is 0 Å². The summed E-state index contributed by atoms with van der Waals surface area (Å²) in [6.07, 6.45) is 5.55. The lowest BCUT2D eigenvalue weighted by Gasteiger charge is -2.39. The van der Waals surface area contributed by atoms with Crippen LogP contribution in [0.1, 0.15) is 44.4 Å². The van der Waals surface area contributed by atoms with Gasteiger partial charge in [0, 0.05) is 12.7 Å². The molecule has 0 saturated carbocycles. The maximum absolute atomic E-state index is 7.43. The van der Waals surface area contributed by atoms with Gasteiger partial charge in [-0.1, -0.05) is 20.3 Å². The molecular formula is C15H24N4. The molecule has 3 N–H and O–H groups in total. The van der Waals surface area contributed by atoms with E-state index in [9.17, 15) is 0 Å². The summed E-state index contributed by atoms with van der Waals surface area (Å²) >= 11 is 0. The smallest absolute Gasteiger partial charge is 0.141 e. The van der Waals surface area contributed by atoms with Gasteiger partial charge in [0.1, 0.15) is 11.5 Å². The zero-order chi connectivity index (χ0) is 13.9.